The molecule has 0 saturated carbocycles. The summed E-state index contributed by atoms with van der Waals surface area (Å²) in [5, 5.41) is 3.41. The van der Waals surface area contributed by atoms with Crippen molar-refractivity contribution < 1.29 is 4.74 Å². The zero-order valence-electron chi connectivity index (χ0n) is 12.5. The first kappa shape index (κ1) is 14.6. The number of ether oxygens (including phenoxy) is 1. The van der Waals surface area contributed by atoms with Crippen molar-refractivity contribution >= 4 is 0 Å². The summed E-state index contributed by atoms with van der Waals surface area (Å²) in [6.45, 7) is 2.12. The minimum Gasteiger partial charge on any atom is -0.496 e. The van der Waals surface area contributed by atoms with E-state index in [9.17, 15) is 0 Å². The second-order valence-electron chi connectivity index (χ2n) is 5.19. The van der Waals surface area contributed by atoms with Crippen LogP contribution in [0.1, 0.15) is 16.7 Å². The molecule has 0 radical (unpaired) electrons. The van der Waals surface area contributed by atoms with E-state index in [-0.39, 0.29) is 0 Å². The van der Waals surface area contributed by atoms with Crippen molar-refractivity contribution in [1.82, 2.24) is 5.32 Å². The molecule has 0 bridgehead atoms. The van der Waals surface area contributed by atoms with Gasteiger partial charge in [0.2, 0.25) is 0 Å². The number of rotatable bonds is 6. The molecule has 0 aliphatic heterocycles. The standard InChI is InChI=1S/C18H23NO/c1-14-9-10-18(20-3)16(11-14)13-17(19-2)12-15-7-5-4-6-8-15/h4-11,17,19H,12-13H2,1-3H3. The molecule has 0 spiro atoms. The molecular formula is C18H23NO. The molecule has 2 rings (SSSR count). The SMILES string of the molecule is CNC(Cc1ccccc1)Cc1cc(C)ccc1OC. The van der Waals surface area contributed by atoms with Crippen molar-refractivity contribution in [2.45, 2.75) is 25.8 Å². The maximum absolute atomic E-state index is 5.47. The predicted molar refractivity (Wildman–Crippen MR) is 84.4 cm³/mol. The Hall–Kier alpha value is -1.80. The fourth-order valence-corrected chi connectivity index (χ4v) is 2.51. The molecule has 0 saturated heterocycles. The van der Waals surface area contributed by atoms with Crippen molar-refractivity contribution in [1.29, 1.82) is 0 Å². The van der Waals surface area contributed by atoms with Crippen molar-refractivity contribution in [3.63, 3.8) is 0 Å². The van der Waals surface area contributed by atoms with Crippen molar-refractivity contribution in [3.8, 4) is 5.75 Å². The lowest BCUT2D eigenvalue weighted by molar-refractivity contribution is 0.405. The van der Waals surface area contributed by atoms with E-state index in [0.29, 0.717) is 6.04 Å². The van der Waals surface area contributed by atoms with Crippen LogP contribution in [0.4, 0.5) is 0 Å². The number of benzene rings is 2. The first-order valence-corrected chi connectivity index (χ1v) is 7.07. The second kappa shape index (κ2) is 7.11. The van der Waals surface area contributed by atoms with Gasteiger partial charge in [-0.25, -0.2) is 0 Å². The molecule has 106 valence electrons. The van der Waals surface area contributed by atoms with Gasteiger partial charge in [-0.15, -0.1) is 0 Å². The Kier molecular flexibility index (Phi) is 5.19. The third kappa shape index (κ3) is 3.84. The smallest absolute Gasteiger partial charge is 0.122 e. The van der Waals surface area contributed by atoms with Crippen LogP contribution in [0.2, 0.25) is 0 Å². The lowest BCUT2D eigenvalue weighted by atomic mass is 9.97. The van der Waals surface area contributed by atoms with Crippen LogP contribution in [0.15, 0.2) is 48.5 Å². The normalized spacial score (nSPS) is 12.2. The molecule has 0 amide bonds. The molecule has 0 aliphatic rings. The first-order chi connectivity index (χ1) is 9.72. The highest BCUT2D eigenvalue weighted by Gasteiger charge is 2.12. The number of likely N-dealkylation sites (N-methyl/N-ethyl adjacent to an activating group) is 1. The molecule has 2 nitrogen and oxygen atoms in total. The Labute approximate surface area is 121 Å². The number of methoxy groups -OCH3 is 1. The fourth-order valence-electron chi connectivity index (χ4n) is 2.51. The van der Waals surface area contributed by atoms with Crippen LogP contribution in [-0.2, 0) is 12.8 Å². The molecule has 0 aromatic heterocycles. The summed E-state index contributed by atoms with van der Waals surface area (Å²) in [4.78, 5) is 0. The Bertz CT molecular complexity index is 536. The van der Waals surface area contributed by atoms with E-state index < -0.39 is 0 Å². The van der Waals surface area contributed by atoms with E-state index in [0.717, 1.165) is 18.6 Å². The zero-order valence-corrected chi connectivity index (χ0v) is 12.5. The maximum atomic E-state index is 5.47. The van der Waals surface area contributed by atoms with E-state index in [1.807, 2.05) is 7.05 Å². The fraction of sp³-hybridized carbons (Fsp3) is 0.333. The summed E-state index contributed by atoms with van der Waals surface area (Å²) in [5.41, 5.74) is 3.90. The third-order valence-corrected chi connectivity index (χ3v) is 3.64. The van der Waals surface area contributed by atoms with Crippen molar-refractivity contribution in [3.05, 3.63) is 65.2 Å². The summed E-state index contributed by atoms with van der Waals surface area (Å²) in [6, 6.07) is 17.4. The van der Waals surface area contributed by atoms with Gasteiger partial charge in [0.15, 0.2) is 0 Å². The summed E-state index contributed by atoms with van der Waals surface area (Å²) in [5.74, 6) is 0.976. The zero-order chi connectivity index (χ0) is 14.4. The molecule has 2 aromatic carbocycles. The van der Waals surface area contributed by atoms with Gasteiger partial charge < -0.3 is 10.1 Å². The van der Waals surface area contributed by atoms with E-state index in [2.05, 4.69) is 60.8 Å². The minimum atomic E-state index is 0.410. The largest absolute Gasteiger partial charge is 0.496 e. The first-order valence-electron chi connectivity index (χ1n) is 7.07. The van der Waals surface area contributed by atoms with E-state index in [1.54, 1.807) is 7.11 Å². The minimum absolute atomic E-state index is 0.410. The number of nitrogens with one attached hydrogen (secondary N) is 1. The Balaban J connectivity index is 2.12. The quantitative estimate of drug-likeness (QED) is 0.868. The monoisotopic (exact) mass is 269 g/mol. The average molecular weight is 269 g/mol. The van der Waals surface area contributed by atoms with Crippen molar-refractivity contribution in [2.75, 3.05) is 14.2 Å². The van der Waals surface area contributed by atoms with E-state index in [4.69, 9.17) is 4.74 Å². The van der Waals surface area contributed by atoms with Crippen molar-refractivity contribution in [2.24, 2.45) is 0 Å². The van der Waals surface area contributed by atoms with Crippen LogP contribution in [0.25, 0.3) is 0 Å². The van der Waals surface area contributed by atoms with Gasteiger partial charge in [-0.05, 0) is 44.0 Å². The van der Waals surface area contributed by atoms with Crippen LogP contribution in [0, 0.1) is 6.92 Å². The third-order valence-electron chi connectivity index (χ3n) is 3.64. The second-order valence-corrected chi connectivity index (χ2v) is 5.19. The average Bonchev–Trinajstić information content (AvgIpc) is 2.48. The molecule has 0 fully saturated rings. The van der Waals surface area contributed by atoms with Gasteiger partial charge >= 0.3 is 0 Å². The van der Waals surface area contributed by atoms with Crippen LogP contribution >= 0.6 is 0 Å². The van der Waals surface area contributed by atoms with E-state index >= 15 is 0 Å². The molecule has 0 aliphatic carbocycles. The van der Waals surface area contributed by atoms with Gasteiger partial charge in [-0.2, -0.15) is 0 Å². The molecule has 1 unspecified atom stereocenters. The topological polar surface area (TPSA) is 21.3 Å². The van der Waals surface area contributed by atoms with Crippen LogP contribution in [0.3, 0.4) is 0 Å². The van der Waals surface area contributed by atoms with Crippen LogP contribution in [-0.4, -0.2) is 20.2 Å². The molecule has 20 heavy (non-hydrogen) atoms. The van der Waals surface area contributed by atoms with Gasteiger partial charge in [0.05, 0.1) is 7.11 Å². The molecule has 1 atom stereocenters. The Morgan fingerprint density at radius 1 is 1.05 bits per heavy atom. The van der Waals surface area contributed by atoms with Gasteiger partial charge in [0.1, 0.15) is 5.75 Å². The molecule has 0 heterocycles. The summed E-state index contributed by atoms with van der Waals surface area (Å²) in [7, 11) is 3.76. The molecule has 1 N–H and O–H groups in total. The summed E-state index contributed by atoms with van der Waals surface area (Å²) < 4.78 is 5.47. The maximum Gasteiger partial charge on any atom is 0.122 e. The summed E-state index contributed by atoms with van der Waals surface area (Å²) in [6.07, 6.45) is 1.99. The highest BCUT2D eigenvalue weighted by atomic mass is 16.5. The number of hydrogen-bond donors (Lipinski definition) is 1. The van der Waals surface area contributed by atoms with E-state index in [1.165, 1.54) is 16.7 Å². The van der Waals surface area contributed by atoms with Gasteiger partial charge in [-0.1, -0.05) is 48.0 Å². The lowest BCUT2D eigenvalue weighted by Gasteiger charge is -2.18. The highest BCUT2D eigenvalue weighted by Crippen LogP contribution is 2.22. The predicted octanol–water partition coefficient (Wildman–Crippen LogP) is 3.38. The molecule has 2 aromatic rings. The molecular weight excluding hydrogens is 246 g/mol. The Morgan fingerprint density at radius 2 is 1.80 bits per heavy atom. The van der Waals surface area contributed by atoms with Gasteiger partial charge in [0, 0.05) is 6.04 Å². The molecule has 2 heteroatoms. The number of aryl methyl sites for hydroxylation is 1. The van der Waals surface area contributed by atoms with Crippen LogP contribution < -0.4 is 10.1 Å². The van der Waals surface area contributed by atoms with Crippen LogP contribution in [0.5, 0.6) is 5.75 Å². The van der Waals surface area contributed by atoms with Gasteiger partial charge in [0.25, 0.3) is 0 Å². The highest BCUT2D eigenvalue weighted by molar-refractivity contribution is 5.37. The number of hydrogen-bond acceptors (Lipinski definition) is 2. The Morgan fingerprint density at radius 3 is 2.45 bits per heavy atom. The summed E-state index contributed by atoms with van der Waals surface area (Å²) >= 11 is 0. The van der Waals surface area contributed by atoms with Gasteiger partial charge in [-0.3, -0.25) is 0 Å². The lowest BCUT2D eigenvalue weighted by Crippen LogP contribution is -2.30.